The molecule has 0 amide bonds. The Balaban J connectivity index is 2.37. The normalized spacial score (nSPS) is 13.0. The lowest BCUT2D eigenvalue weighted by molar-refractivity contribution is -0.141. The number of aromatic nitrogens is 1. The summed E-state index contributed by atoms with van der Waals surface area (Å²) in [5.74, 6) is -1.63. The number of thiophene rings is 1. The minimum absolute atomic E-state index is 0.295. The zero-order valence-corrected chi connectivity index (χ0v) is 11.6. The molecule has 2 N–H and O–H groups in total. The van der Waals surface area contributed by atoms with E-state index in [0.29, 0.717) is 6.07 Å². The highest BCUT2D eigenvalue weighted by Gasteiger charge is 2.33. The fourth-order valence-electron chi connectivity index (χ4n) is 1.71. The molecule has 0 saturated carbocycles. The van der Waals surface area contributed by atoms with Crippen LogP contribution in [0.15, 0.2) is 29.0 Å². The minimum atomic E-state index is -4.63. The largest absolute Gasteiger partial charge is 0.478 e. The van der Waals surface area contributed by atoms with Crippen LogP contribution in [0.2, 0.25) is 0 Å². The standard InChI is InChI=1S/C13H11F3N2O2S/c1-7(8-4-5-21-6-8)17-11-9(12(19)20)2-3-10(18-11)13(14,15)16/h2-7H,1H3,(H,17,18)(H,19,20). The van der Waals surface area contributed by atoms with E-state index < -0.39 is 17.8 Å². The van der Waals surface area contributed by atoms with Crippen molar-refractivity contribution in [2.75, 3.05) is 5.32 Å². The third kappa shape index (κ3) is 3.52. The second kappa shape index (κ2) is 5.72. The van der Waals surface area contributed by atoms with Gasteiger partial charge in [0.1, 0.15) is 17.1 Å². The Kier molecular flexibility index (Phi) is 4.17. The number of anilines is 1. The highest BCUT2D eigenvalue weighted by molar-refractivity contribution is 7.07. The van der Waals surface area contributed by atoms with Crippen LogP contribution in [0.4, 0.5) is 19.0 Å². The summed E-state index contributed by atoms with van der Waals surface area (Å²) < 4.78 is 38.0. The van der Waals surface area contributed by atoms with Crippen molar-refractivity contribution in [1.29, 1.82) is 0 Å². The summed E-state index contributed by atoms with van der Waals surface area (Å²) >= 11 is 1.44. The Bertz CT molecular complexity index is 641. The van der Waals surface area contributed by atoms with Crippen LogP contribution in [0, 0.1) is 0 Å². The summed E-state index contributed by atoms with van der Waals surface area (Å²) in [4.78, 5) is 14.5. The Morgan fingerprint density at radius 2 is 2.10 bits per heavy atom. The molecule has 112 valence electrons. The van der Waals surface area contributed by atoms with Crippen molar-refractivity contribution in [1.82, 2.24) is 4.98 Å². The van der Waals surface area contributed by atoms with Crippen LogP contribution in [-0.4, -0.2) is 16.1 Å². The molecule has 0 aliphatic carbocycles. The summed E-state index contributed by atoms with van der Waals surface area (Å²) in [5, 5.41) is 15.4. The van der Waals surface area contributed by atoms with Crippen molar-refractivity contribution in [3.63, 3.8) is 0 Å². The zero-order chi connectivity index (χ0) is 15.6. The van der Waals surface area contributed by atoms with Crippen LogP contribution in [0.1, 0.15) is 34.6 Å². The Labute approximate surface area is 122 Å². The predicted molar refractivity (Wildman–Crippen MR) is 72.6 cm³/mol. The van der Waals surface area contributed by atoms with Crippen molar-refractivity contribution in [3.8, 4) is 0 Å². The molecule has 0 fully saturated rings. The number of aromatic carboxylic acids is 1. The Morgan fingerprint density at radius 3 is 2.62 bits per heavy atom. The number of hydrogen-bond donors (Lipinski definition) is 2. The topological polar surface area (TPSA) is 62.2 Å². The molecule has 0 bridgehead atoms. The number of carbonyl (C=O) groups is 1. The maximum absolute atomic E-state index is 12.7. The average Bonchev–Trinajstić information content (AvgIpc) is 2.91. The van der Waals surface area contributed by atoms with Gasteiger partial charge in [-0.25, -0.2) is 9.78 Å². The lowest BCUT2D eigenvalue weighted by Gasteiger charge is -2.16. The first-order valence-corrected chi connectivity index (χ1v) is 6.83. The van der Waals surface area contributed by atoms with Crippen molar-refractivity contribution in [2.45, 2.75) is 19.1 Å². The number of halogens is 3. The van der Waals surface area contributed by atoms with Crippen LogP contribution < -0.4 is 5.32 Å². The van der Waals surface area contributed by atoms with Gasteiger partial charge in [-0.15, -0.1) is 0 Å². The molecule has 4 nitrogen and oxygen atoms in total. The van der Waals surface area contributed by atoms with Gasteiger partial charge < -0.3 is 10.4 Å². The van der Waals surface area contributed by atoms with E-state index in [0.717, 1.165) is 11.6 Å². The quantitative estimate of drug-likeness (QED) is 0.894. The lowest BCUT2D eigenvalue weighted by atomic mass is 10.1. The first-order chi connectivity index (χ1) is 9.79. The number of hydrogen-bond acceptors (Lipinski definition) is 4. The second-order valence-corrected chi connectivity index (χ2v) is 5.10. The van der Waals surface area contributed by atoms with Crippen molar-refractivity contribution in [3.05, 3.63) is 45.8 Å². The molecule has 21 heavy (non-hydrogen) atoms. The van der Waals surface area contributed by atoms with Crippen LogP contribution in [0.3, 0.4) is 0 Å². The predicted octanol–water partition coefficient (Wildman–Crippen LogP) is 4.03. The molecule has 2 heterocycles. The molecule has 2 aromatic rings. The van der Waals surface area contributed by atoms with Gasteiger partial charge in [-0.2, -0.15) is 24.5 Å². The molecule has 0 saturated heterocycles. The molecule has 0 radical (unpaired) electrons. The first kappa shape index (κ1) is 15.3. The summed E-state index contributed by atoms with van der Waals surface area (Å²) in [6.45, 7) is 1.72. The number of alkyl halides is 3. The van der Waals surface area contributed by atoms with Gasteiger partial charge in [-0.05, 0) is 41.4 Å². The number of carboxylic acid groups (broad SMARTS) is 1. The molecule has 1 unspecified atom stereocenters. The summed E-state index contributed by atoms with van der Waals surface area (Å²) in [6.07, 6.45) is -4.63. The molecule has 8 heteroatoms. The molecule has 2 aromatic heterocycles. The summed E-state index contributed by atoms with van der Waals surface area (Å²) in [5.41, 5.74) is -0.590. The van der Waals surface area contributed by atoms with Gasteiger partial charge in [0.05, 0.1) is 6.04 Å². The van der Waals surface area contributed by atoms with E-state index in [4.69, 9.17) is 5.11 Å². The monoisotopic (exact) mass is 316 g/mol. The SMILES string of the molecule is CC(Nc1nc(C(F)(F)F)ccc1C(=O)O)c1ccsc1. The highest BCUT2D eigenvalue weighted by Crippen LogP contribution is 2.30. The molecule has 0 aromatic carbocycles. The second-order valence-electron chi connectivity index (χ2n) is 4.32. The van der Waals surface area contributed by atoms with Gasteiger partial charge in [0.2, 0.25) is 0 Å². The van der Waals surface area contributed by atoms with E-state index >= 15 is 0 Å². The van der Waals surface area contributed by atoms with Crippen LogP contribution in [0.5, 0.6) is 0 Å². The lowest BCUT2D eigenvalue weighted by Crippen LogP contribution is -2.16. The molecule has 0 aliphatic rings. The first-order valence-electron chi connectivity index (χ1n) is 5.89. The van der Waals surface area contributed by atoms with Crippen LogP contribution >= 0.6 is 11.3 Å². The maximum Gasteiger partial charge on any atom is 0.433 e. The van der Waals surface area contributed by atoms with Gasteiger partial charge in [0.15, 0.2) is 0 Å². The summed E-state index contributed by atoms with van der Waals surface area (Å²) in [7, 11) is 0. The number of rotatable bonds is 4. The summed E-state index contributed by atoms with van der Waals surface area (Å²) in [6, 6.07) is 3.01. The molecule has 0 spiro atoms. The fourth-order valence-corrected chi connectivity index (χ4v) is 2.46. The van der Waals surface area contributed by atoms with Gasteiger partial charge >= 0.3 is 12.1 Å². The molecule has 0 aliphatic heterocycles. The van der Waals surface area contributed by atoms with E-state index in [9.17, 15) is 18.0 Å². The maximum atomic E-state index is 12.7. The van der Waals surface area contributed by atoms with Crippen molar-refractivity contribution in [2.24, 2.45) is 0 Å². The van der Waals surface area contributed by atoms with E-state index in [-0.39, 0.29) is 17.4 Å². The molecule has 2 rings (SSSR count). The minimum Gasteiger partial charge on any atom is -0.478 e. The van der Waals surface area contributed by atoms with E-state index in [1.165, 1.54) is 11.3 Å². The van der Waals surface area contributed by atoms with Gasteiger partial charge in [-0.3, -0.25) is 0 Å². The average molecular weight is 316 g/mol. The van der Waals surface area contributed by atoms with Crippen molar-refractivity contribution >= 4 is 23.1 Å². The number of nitrogens with zero attached hydrogens (tertiary/aromatic N) is 1. The number of pyridine rings is 1. The number of nitrogens with one attached hydrogen (secondary N) is 1. The Hall–Kier alpha value is -2.09. The highest BCUT2D eigenvalue weighted by atomic mass is 32.1. The van der Waals surface area contributed by atoms with E-state index in [2.05, 4.69) is 10.3 Å². The number of carboxylic acids is 1. The van der Waals surface area contributed by atoms with E-state index in [1.54, 1.807) is 13.0 Å². The van der Waals surface area contributed by atoms with Crippen LogP contribution in [-0.2, 0) is 6.18 Å². The van der Waals surface area contributed by atoms with Gasteiger partial charge in [0, 0.05) is 0 Å². The third-order valence-electron chi connectivity index (χ3n) is 2.81. The van der Waals surface area contributed by atoms with E-state index in [1.807, 2.05) is 10.8 Å². The molecular formula is C13H11F3N2O2S. The zero-order valence-electron chi connectivity index (χ0n) is 10.8. The molecule has 1 atom stereocenters. The Morgan fingerprint density at radius 1 is 1.38 bits per heavy atom. The van der Waals surface area contributed by atoms with Crippen molar-refractivity contribution < 1.29 is 23.1 Å². The van der Waals surface area contributed by atoms with Gasteiger partial charge in [0.25, 0.3) is 0 Å². The fraction of sp³-hybridized carbons (Fsp3) is 0.231. The third-order valence-corrected chi connectivity index (χ3v) is 3.51. The smallest absolute Gasteiger partial charge is 0.433 e. The van der Waals surface area contributed by atoms with Crippen LogP contribution in [0.25, 0.3) is 0 Å². The molecular weight excluding hydrogens is 305 g/mol. The van der Waals surface area contributed by atoms with Gasteiger partial charge in [-0.1, -0.05) is 0 Å².